The first-order valence-electron chi connectivity index (χ1n) is 11.1. The van der Waals surface area contributed by atoms with Gasteiger partial charge >= 0.3 is 0 Å². The summed E-state index contributed by atoms with van der Waals surface area (Å²) in [5.41, 5.74) is 7.57. The van der Waals surface area contributed by atoms with Crippen LogP contribution < -0.4 is 16.0 Å². The molecule has 1 heterocycles. The molecule has 0 spiro atoms. The fourth-order valence-corrected chi connectivity index (χ4v) is 4.89. The van der Waals surface area contributed by atoms with Crippen molar-refractivity contribution in [3.05, 3.63) is 88.2 Å². The fraction of sp³-hybridized carbons (Fsp3) is 0.269. The maximum absolute atomic E-state index is 14.7. The number of nitrogens with two attached hydrogens (primary N) is 1. The minimum Gasteiger partial charge on any atom is -0.321 e. The Morgan fingerprint density at radius 2 is 2.03 bits per heavy atom. The monoisotopic (exact) mass is 512 g/mol. The van der Waals surface area contributed by atoms with E-state index < -0.39 is 35.3 Å². The van der Waals surface area contributed by atoms with E-state index in [2.05, 4.69) is 22.9 Å². The molecule has 182 valence electrons. The molecule has 0 bridgehead atoms. The Morgan fingerprint density at radius 3 is 2.69 bits per heavy atom. The Morgan fingerprint density at radius 1 is 1.31 bits per heavy atom. The van der Waals surface area contributed by atoms with Gasteiger partial charge in [0.15, 0.2) is 11.8 Å². The third-order valence-electron chi connectivity index (χ3n) is 6.43. The molecule has 3 unspecified atom stereocenters. The van der Waals surface area contributed by atoms with Crippen molar-refractivity contribution < 1.29 is 14.0 Å². The zero-order valence-electron chi connectivity index (χ0n) is 19.3. The first-order valence-corrected chi connectivity index (χ1v) is 12.1. The number of benzene rings is 2. The largest absolute Gasteiger partial charge is 0.321 e. The molecule has 3 atom stereocenters. The van der Waals surface area contributed by atoms with Crippen LogP contribution in [0.5, 0.6) is 0 Å². The summed E-state index contributed by atoms with van der Waals surface area (Å²) < 4.78 is 14.7. The number of amides is 1. The smallest absolute Gasteiger partial charge is 0.261 e. The minimum atomic E-state index is -1.45. The SMILES string of the molecule is CNC1(N2C(=O)C(C(=O)C(N)CS)N=C(c3ccccc3)c3cc(Cl)ccc32)CC(F)=CC=C1C. The Balaban J connectivity index is 2.04. The van der Waals surface area contributed by atoms with Gasteiger partial charge in [-0.2, -0.15) is 12.6 Å². The van der Waals surface area contributed by atoms with Gasteiger partial charge in [-0.1, -0.05) is 48.0 Å². The van der Waals surface area contributed by atoms with Crippen molar-refractivity contribution in [2.24, 2.45) is 10.7 Å². The van der Waals surface area contributed by atoms with Crippen LogP contribution in [-0.2, 0) is 9.59 Å². The summed E-state index contributed by atoms with van der Waals surface area (Å²) in [6, 6.07) is 11.8. The molecule has 2 aromatic rings. The highest BCUT2D eigenvalue weighted by Gasteiger charge is 2.49. The van der Waals surface area contributed by atoms with Gasteiger partial charge in [-0.25, -0.2) is 4.39 Å². The van der Waals surface area contributed by atoms with Crippen LogP contribution in [0.2, 0.25) is 5.02 Å². The van der Waals surface area contributed by atoms with Crippen LogP contribution in [0.3, 0.4) is 0 Å². The van der Waals surface area contributed by atoms with Crippen LogP contribution in [0.1, 0.15) is 24.5 Å². The number of Topliss-reactive ketones (excluding diaryl/α,β-unsaturated/α-hetero) is 1. The van der Waals surface area contributed by atoms with E-state index in [1.54, 1.807) is 31.3 Å². The highest BCUT2D eigenvalue weighted by molar-refractivity contribution is 7.80. The number of carbonyl (C=O) groups excluding carboxylic acids is 2. The zero-order chi connectivity index (χ0) is 25.3. The van der Waals surface area contributed by atoms with Crippen molar-refractivity contribution in [1.82, 2.24) is 5.32 Å². The predicted molar refractivity (Wildman–Crippen MR) is 141 cm³/mol. The van der Waals surface area contributed by atoms with Crippen LogP contribution in [0.25, 0.3) is 0 Å². The number of hydrogen-bond donors (Lipinski definition) is 3. The normalized spacial score (nSPS) is 23.0. The van der Waals surface area contributed by atoms with Gasteiger partial charge in [-0.3, -0.25) is 24.8 Å². The lowest BCUT2D eigenvalue weighted by Gasteiger charge is -2.46. The summed E-state index contributed by atoms with van der Waals surface area (Å²) in [4.78, 5) is 33.7. The molecule has 0 aromatic heterocycles. The van der Waals surface area contributed by atoms with Crippen LogP contribution in [0, 0.1) is 0 Å². The molecule has 3 N–H and O–H groups in total. The second-order valence-corrected chi connectivity index (χ2v) is 9.32. The van der Waals surface area contributed by atoms with E-state index in [-0.39, 0.29) is 12.2 Å². The molecule has 4 rings (SSSR count). The molecule has 2 aromatic carbocycles. The number of nitrogens with zero attached hydrogens (tertiary/aromatic N) is 2. The summed E-state index contributed by atoms with van der Waals surface area (Å²) in [6.45, 7) is 1.81. The topological polar surface area (TPSA) is 87.8 Å². The third kappa shape index (κ3) is 4.47. The quantitative estimate of drug-likeness (QED) is 0.405. The average Bonchev–Trinajstić information content (AvgIpc) is 2.99. The third-order valence-corrected chi connectivity index (χ3v) is 7.06. The van der Waals surface area contributed by atoms with Gasteiger partial charge < -0.3 is 5.73 Å². The van der Waals surface area contributed by atoms with Gasteiger partial charge in [0.05, 0.1) is 17.4 Å². The maximum Gasteiger partial charge on any atom is 0.261 e. The number of benzodiazepines with no additional fused rings is 1. The summed E-state index contributed by atoms with van der Waals surface area (Å²) in [6.07, 6.45) is 2.87. The fourth-order valence-electron chi connectivity index (χ4n) is 4.53. The average molecular weight is 513 g/mol. The number of carbonyl (C=O) groups is 2. The molecule has 1 aliphatic carbocycles. The zero-order valence-corrected chi connectivity index (χ0v) is 21.0. The Hall–Kier alpha value is -2.78. The first-order chi connectivity index (χ1) is 16.7. The summed E-state index contributed by atoms with van der Waals surface area (Å²) in [5.74, 6) is -1.54. The number of nitrogens with one attached hydrogen (secondary N) is 1. The second kappa shape index (κ2) is 10.1. The number of ketones is 1. The number of allylic oxidation sites excluding steroid dienone is 2. The molecule has 2 aliphatic rings. The van der Waals surface area contributed by atoms with E-state index in [1.807, 2.05) is 37.3 Å². The lowest BCUT2D eigenvalue weighted by molar-refractivity contribution is -0.129. The van der Waals surface area contributed by atoms with Crippen LogP contribution in [0.15, 0.2) is 77.1 Å². The summed E-state index contributed by atoms with van der Waals surface area (Å²) in [7, 11) is 1.65. The number of thiol groups is 1. The summed E-state index contributed by atoms with van der Waals surface area (Å²) in [5, 5.41) is 3.58. The van der Waals surface area contributed by atoms with Crippen LogP contribution in [0.4, 0.5) is 10.1 Å². The molecule has 6 nitrogen and oxygen atoms in total. The molecule has 9 heteroatoms. The Bertz CT molecular complexity index is 1260. The van der Waals surface area contributed by atoms with E-state index in [9.17, 15) is 14.0 Å². The summed E-state index contributed by atoms with van der Waals surface area (Å²) >= 11 is 10.5. The van der Waals surface area contributed by atoms with Gasteiger partial charge in [0, 0.05) is 28.3 Å². The van der Waals surface area contributed by atoms with E-state index in [4.69, 9.17) is 17.3 Å². The number of aliphatic imine (C=N–C) groups is 1. The maximum atomic E-state index is 14.7. The molecule has 1 aliphatic heterocycles. The molecule has 35 heavy (non-hydrogen) atoms. The minimum absolute atomic E-state index is 0.0467. The van der Waals surface area contributed by atoms with Crippen molar-refractivity contribution in [3.63, 3.8) is 0 Å². The molecule has 0 fully saturated rings. The molecule has 0 radical (unpaired) electrons. The number of halogens is 2. The highest BCUT2D eigenvalue weighted by atomic mass is 35.5. The van der Waals surface area contributed by atoms with Crippen molar-refractivity contribution in [2.75, 3.05) is 17.7 Å². The van der Waals surface area contributed by atoms with E-state index >= 15 is 0 Å². The number of rotatable bonds is 6. The van der Waals surface area contributed by atoms with Gasteiger partial charge in [-0.15, -0.1) is 0 Å². The lowest BCUT2D eigenvalue weighted by Crippen LogP contribution is -2.64. The Labute approximate surface area is 214 Å². The van der Waals surface area contributed by atoms with Crippen molar-refractivity contribution >= 4 is 47.3 Å². The Kier molecular flexibility index (Phi) is 7.28. The second-order valence-electron chi connectivity index (χ2n) is 8.52. The molecule has 0 saturated heterocycles. The molecule has 0 saturated carbocycles. The van der Waals surface area contributed by atoms with E-state index in [1.165, 1.54) is 11.0 Å². The molecular weight excluding hydrogens is 487 g/mol. The van der Waals surface area contributed by atoms with Crippen molar-refractivity contribution in [3.8, 4) is 0 Å². The number of anilines is 1. The van der Waals surface area contributed by atoms with Crippen LogP contribution >= 0.6 is 24.2 Å². The van der Waals surface area contributed by atoms with Crippen molar-refractivity contribution in [2.45, 2.75) is 31.1 Å². The van der Waals surface area contributed by atoms with E-state index in [0.29, 0.717) is 33.1 Å². The van der Waals surface area contributed by atoms with Crippen LogP contribution in [-0.4, -0.2) is 47.9 Å². The van der Waals surface area contributed by atoms with Gasteiger partial charge in [0.1, 0.15) is 11.5 Å². The number of fused-ring (bicyclic) bond motifs is 1. The number of hydrogen-bond acceptors (Lipinski definition) is 6. The lowest BCUT2D eigenvalue weighted by atomic mass is 9.87. The highest BCUT2D eigenvalue weighted by Crippen LogP contribution is 2.41. The van der Waals surface area contributed by atoms with Gasteiger partial charge in [-0.05, 0) is 43.8 Å². The van der Waals surface area contributed by atoms with E-state index in [0.717, 1.165) is 0 Å². The van der Waals surface area contributed by atoms with Gasteiger partial charge in [0.2, 0.25) is 0 Å². The molecule has 1 amide bonds. The van der Waals surface area contributed by atoms with Crippen molar-refractivity contribution in [1.29, 1.82) is 0 Å². The molecular formula is C26H26ClFN4O2S. The predicted octanol–water partition coefficient (Wildman–Crippen LogP) is 3.84. The first kappa shape index (κ1) is 25.3. The number of likely N-dealkylation sites (N-methyl/N-ethyl adjacent to an activating group) is 1. The standard InChI is InChI=1S/C26H26ClFN4O2S/c1-15-8-10-18(28)13-26(15,30-2)32-21-11-9-17(27)12-19(21)22(16-6-4-3-5-7-16)31-23(25(32)34)24(33)20(29)14-35/h3-12,20,23,30,35H,13-14,29H2,1-2H3. The van der Waals surface area contributed by atoms with Gasteiger partial charge in [0.25, 0.3) is 5.91 Å².